The number of aliphatic hydroxyl groups excluding tert-OH is 3. The average molecular weight is 454 g/mol. The molecule has 9 heteroatoms. The number of hydrogen-bond acceptors (Lipinski definition) is 9. The van der Waals surface area contributed by atoms with Crippen LogP contribution in [-0.4, -0.2) is 74.9 Å². The molecule has 3 aromatic rings. The van der Waals surface area contributed by atoms with Crippen molar-refractivity contribution < 1.29 is 20.1 Å². The number of nitrogens with zero attached hydrogens (tertiary/aromatic N) is 3. The third-order valence-corrected chi connectivity index (χ3v) is 6.04. The van der Waals surface area contributed by atoms with Crippen LogP contribution in [-0.2, 0) is 4.74 Å². The van der Waals surface area contributed by atoms with Gasteiger partial charge in [-0.2, -0.15) is 4.98 Å². The number of rotatable bonds is 9. The van der Waals surface area contributed by atoms with E-state index in [0.29, 0.717) is 43.6 Å². The Balaban J connectivity index is 1.71. The second-order valence-electron chi connectivity index (χ2n) is 8.28. The molecule has 0 radical (unpaired) electrons. The Morgan fingerprint density at radius 3 is 2.64 bits per heavy atom. The first-order valence-corrected chi connectivity index (χ1v) is 11.3. The number of nitrogens with one attached hydrogen (secondary N) is 2. The summed E-state index contributed by atoms with van der Waals surface area (Å²) >= 11 is 0. The zero-order valence-corrected chi connectivity index (χ0v) is 18.9. The molecule has 1 aliphatic rings. The average Bonchev–Trinajstić information content (AvgIpc) is 3.09. The Morgan fingerprint density at radius 2 is 1.88 bits per heavy atom. The molecule has 1 aliphatic carbocycles. The van der Waals surface area contributed by atoms with Crippen molar-refractivity contribution in [1.29, 1.82) is 0 Å². The highest BCUT2D eigenvalue weighted by molar-refractivity contribution is 5.84. The first-order valence-electron chi connectivity index (χ1n) is 11.3. The highest BCUT2D eigenvalue weighted by Gasteiger charge is 2.41. The number of aliphatic hydroxyl groups is 3. The summed E-state index contributed by atoms with van der Waals surface area (Å²) in [5.74, 6) is 0.552. The number of aromatic nitrogens is 3. The van der Waals surface area contributed by atoms with E-state index < -0.39 is 24.2 Å². The maximum atomic E-state index is 10.5. The largest absolute Gasteiger partial charge is 0.396 e. The van der Waals surface area contributed by atoms with E-state index in [1.165, 1.54) is 0 Å². The number of aryl methyl sites for hydroxylation is 1. The lowest BCUT2D eigenvalue weighted by atomic mass is 10.1. The first-order chi connectivity index (χ1) is 16.0. The van der Waals surface area contributed by atoms with Crippen molar-refractivity contribution in [3.63, 3.8) is 0 Å². The molecule has 0 aliphatic heterocycles. The summed E-state index contributed by atoms with van der Waals surface area (Å²) < 4.78 is 5.38. The second kappa shape index (κ2) is 10.4. The highest BCUT2D eigenvalue weighted by atomic mass is 16.5. The monoisotopic (exact) mass is 453 g/mol. The van der Waals surface area contributed by atoms with Gasteiger partial charge in [-0.05, 0) is 32.4 Å². The van der Waals surface area contributed by atoms with Crippen molar-refractivity contribution in [2.75, 3.05) is 37.0 Å². The number of fused-ring (bicyclic) bond motifs is 1. The van der Waals surface area contributed by atoms with Gasteiger partial charge < -0.3 is 30.7 Å². The van der Waals surface area contributed by atoms with Crippen molar-refractivity contribution in [2.24, 2.45) is 5.92 Å². The minimum absolute atomic E-state index is 0.192. The number of hydrogen-bond donors (Lipinski definition) is 5. The van der Waals surface area contributed by atoms with Gasteiger partial charge in [0.25, 0.3) is 0 Å². The van der Waals surface area contributed by atoms with Crippen molar-refractivity contribution in [2.45, 2.75) is 38.5 Å². The Bertz CT molecular complexity index is 1100. The van der Waals surface area contributed by atoms with Gasteiger partial charge >= 0.3 is 0 Å². The molecule has 4 rings (SSSR count). The number of anilines is 2. The minimum atomic E-state index is -1.02. The molecule has 176 valence electrons. The molecule has 0 unspecified atom stereocenters. The predicted octanol–water partition coefficient (Wildman–Crippen LogP) is 1.96. The summed E-state index contributed by atoms with van der Waals surface area (Å²) in [7, 11) is 0. The zero-order valence-electron chi connectivity index (χ0n) is 18.9. The van der Waals surface area contributed by atoms with Crippen LogP contribution < -0.4 is 10.6 Å². The number of para-hydroxylation sites is 1. The molecule has 0 spiro atoms. The van der Waals surface area contributed by atoms with E-state index in [-0.39, 0.29) is 6.61 Å². The summed E-state index contributed by atoms with van der Waals surface area (Å²) in [5.41, 5.74) is 3.02. The van der Waals surface area contributed by atoms with E-state index in [2.05, 4.69) is 20.6 Å². The quantitative estimate of drug-likeness (QED) is 0.308. The normalized spacial score (nSPS) is 22.6. The number of pyridine rings is 1. The van der Waals surface area contributed by atoms with E-state index >= 15 is 0 Å². The molecule has 0 saturated heterocycles. The van der Waals surface area contributed by atoms with Gasteiger partial charge in [-0.1, -0.05) is 24.3 Å². The van der Waals surface area contributed by atoms with Crippen LogP contribution in [0.1, 0.15) is 19.0 Å². The van der Waals surface area contributed by atoms with Gasteiger partial charge in [-0.25, -0.2) is 9.97 Å². The van der Waals surface area contributed by atoms with Crippen LogP contribution in [0.5, 0.6) is 0 Å². The lowest BCUT2D eigenvalue weighted by Crippen LogP contribution is -2.35. The molecule has 1 aromatic carbocycles. The molecule has 1 saturated carbocycles. The fourth-order valence-corrected chi connectivity index (χ4v) is 4.27. The predicted molar refractivity (Wildman–Crippen MR) is 127 cm³/mol. The van der Waals surface area contributed by atoms with Gasteiger partial charge in [0.1, 0.15) is 11.9 Å². The Hall–Kier alpha value is -2.85. The van der Waals surface area contributed by atoms with Crippen LogP contribution in [0.3, 0.4) is 0 Å². The zero-order chi connectivity index (χ0) is 23.4. The molecule has 5 N–H and O–H groups in total. The highest BCUT2D eigenvalue weighted by Crippen LogP contribution is 2.34. The smallest absolute Gasteiger partial charge is 0.224 e. The topological polar surface area (TPSA) is 133 Å². The van der Waals surface area contributed by atoms with Crippen LogP contribution in [0, 0.1) is 12.8 Å². The van der Waals surface area contributed by atoms with Gasteiger partial charge in [0.2, 0.25) is 5.95 Å². The van der Waals surface area contributed by atoms with Gasteiger partial charge in [0.05, 0.1) is 41.2 Å². The van der Waals surface area contributed by atoms with Crippen molar-refractivity contribution >= 4 is 22.7 Å². The Kier molecular flexibility index (Phi) is 7.34. The third-order valence-electron chi connectivity index (χ3n) is 6.04. The summed E-state index contributed by atoms with van der Waals surface area (Å²) in [6, 6.07) is 11.3. The summed E-state index contributed by atoms with van der Waals surface area (Å²) in [6.45, 7) is 5.36. The van der Waals surface area contributed by atoms with Crippen molar-refractivity contribution in [1.82, 2.24) is 15.0 Å². The van der Waals surface area contributed by atoms with Crippen molar-refractivity contribution in [3.05, 3.63) is 42.1 Å². The van der Waals surface area contributed by atoms with Gasteiger partial charge in [0.15, 0.2) is 0 Å². The number of ether oxygens (including phenoxy) is 1. The molecule has 33 heavy (non-hydrogen) atoms. The van der Waals surface area contributed by atoms with E-state index in [4.69, 9.17) is 9.72 Å². The van der Waals surface area contributed by atoms with Crippen LogP contribution in [0.15, 0.2) is 36.4 Å². The molecule has 0 amide bonds. The van der Waals surface area contributed by atoms with Crippen molar-refractivity contribution in [3.8, 4) is 11.3 Å². The fourth-order valence-electron chi connectivity index (χ4n) is 4.27. The van der Waals surface area contributed by atoms with E-state index in [0.717, 1.165) is 22.2 Å². The minimum Gasteiger partial charge on any atom is -0.396 e. The molecular weight excluding hydrogens is 422 g/mol. The van der Waals surface area contributed by atoms with Gasteiger partial charge in [0, 0.05) is 31.1 Å². The lowest BCUT2D eigenvalue weighted by Gasteiger charge is -2.22. The molecular formula is C24H31N5O4. The molecule has 2 heterocycles. The lowest BCUT2D eigenvalue weighted by molar-refractivity contribution is 0.00446. The third kappa shape index (κ3) is 5.06. The van der Waals surface area contributed by atoms with E-state index in [1.54, 1.807) is 0 Å². The maximum Gasteiger partial charge on any atom is 0.224 e. The fraction of sp³-hybridized carbons (Fsp3) is 0.458. The standard InChI is InChI=1S/C24H31N5O4/c1-3-33-11-10-25-24-26-14(2)20(18-9-8-15-6-4-5-7-17(15)27-18)23(29-24)28-19-12-16(13-30)21(31)22(19)32/h4-9,16,19,21-22,30-32H,3,10-13H2,1-2H3,(H2,25,26,28,29)/t16-,19-,21-,22+/m1/s1. The summed E-state index contributed by atoms with van der Waals surface area (Å²) in [6.07, 6.45) is -1.61. The maximum absolute atomic E-state index is 10.5. The number of benzene rings is 1. The van der Waals surface area contributed by atoms with Crippen LogP contribution in [0.4, 0.5) is 11.8 Å². The molecule has 9 nitrogen and oxygen atoms in total. The molecule has 1 fully saturated rings. The van der Waals surface area contributed by atoms with Gasteiger partial charge in [-0.15, -0.1) is 0 Å². The van der Waals surface area contributed by atoms with Crippen LogP contribution in [0.25, 0.3) is 22.2 Å². The first kappa shape index (κ1) is 23.3. The van der Waals surface area contributed by atoms with E-state index in [1.807, 2.05) is 50.2 Å². The Morgan fingerprint density at radius 1 is 1.06 bits per heavy atom. The molecule has 4 atom stereocenters. The van der Waals surface area contributed by atoms with E-state index in [9.17, 15) is 15.3 Å². The van der Waals surface area contributed by atoms with Gasteiger partial charge in [-0.3, -0.25) is 0 Å². The second-order valence-corrected chi connectivity index (χ2v) is 8.28. The molecule has 0 bridgehead atoms. The Labute approximate surface area is 192 Å². The van der Waals surface area contributed by atoms with Crippen LogP contribution >= 0.6 is 0 Å². The molecule has 2 aromatic heterocycles. The summed E-state index contributed by atoms with van der Waals surface area (Å²) in [4.78, 5) is 14.1. The van der Waals surface area contributed by atoms with Crippen LogP contribution in [0.2, 0.25) is 0 Å². The summed E-state index contributed by atoms with van der Waals surface area (Å²) in [5, 5.41) is 37.9. The SMILES string of the molecule is CCOCCNc1nc(C)c(-c2ccc3ccccc3n2)c(N[C@@H]2C[C@H](CO)[C@@H](O)[C@H]2O)n1.